The molecule has 0 bridgehead atoms. The van der Waals surface area contributed by atoms with Crippen LogP contribution in [-0.2, 0) is 4.79 Å². The molecule has 3 nitrogen and oxygen atoms in total. The van der Waals surface area contributed by atoms with E-state index in [0.717, 1.165) is 50.9 Å². The van der Waals surface area contributed by atoms with Crippen LogP contribution in [0.5, 0.6) is 0 Å². The maximum absolute atomic E-state index is 12.0. The number of hydrogen-bond donors (Lipinski definition) is 1. The normalized spacial score (nSPS) is 34.5. The van der Waals surface area contributed by atoms with Gasteiger partial charge in [-0.05, 0) is 24.7 Å². The van der Waals surface area contributed by atoms with Crippen LogP contribution in [0.15, 0.2) is 0 Å². The predicted molar refractivity (Wildman–Crippen MR) is 61.0 cm³/mol. The molecule has 2 heterocycles. The Labute approximate surface area is 97.0 Å². The van der Waals surface area contributed by atoms with Gasteiger partial charge in [0.15, 0.2) is 0 Å². The monoisotopic (exact) mass is 230 g/mol. The molecular weight excluding hydrogens is 212 g/mol. The minimum atomic E-state index is 0. The Balaban J connectivity index is 0.000000853. The average Bonchev–Trinajstić information content (AvgIpc) is 2.56. The minimum Gasteiger partial charge on any atom is -0.342 e. The Morgan fingerprint density at radius 3 is 2.20 bits per heavy atom. The summed E-state index contributed by atoms with van der Waals surface area (Å²) in [4.78, 5) is 14.1. The second-order valence-corrected chi connectivity index (χ2v) is 5.05. The molecule has 3 fully saturated rings. The van der Waals surface area contributed by atoms with Gasteiger partial charge in [0, 0.05) is 32.1 Å². The first-order chi connectivity index (χ1) is 6.84. The van der Waals surface area contributed by atoms with Crippen LogP contribution in [0, 0.1) is 17.8 Å². The largest absolute Gasteiger partial charge is 0.342 e. The Kier molecular flexibility index (Phi) is 3.21. The molecule has 1 aliphatic carbocycles. The number of likely N-dealkylation sites (tertiary alicyclic amines) is 1. The van der Waals surface area contributed by atoms with E-state index in [1.165, 1.54) is 6.42 Å². The highest BCUT2D eigenvalue weighted by Crippen LogP contribution is 2.32. The molecule has 0 spiro atoms. The minimum absolute atomic E-state index is 0. The number of carbonyl (C=O) groups excluding carboxylic acids is 1. The van der Waals surface area contributed by atoms with Gasteiger partial charge in [-0.1, -0.05) is 6.42 Å². The number of halogens is 1. The average molecular weight is 231 g/mol. The van der Waals surface area contributed by atoms with Crippen molar-refractivity contribution >= 4 is 18.3 Å². The van der Waals surface area contributed by atoms with Gasteiger partial charge in [-0.15, -0.1) is 12.4 Å². The third-order valence-electron chi connectivity index (χ3n) is 4.16. The lowest BCUT2D eigenvalue weighted by Gasteiger charge is -2.29. The Bertz CT molecular complexity index is 243. The van der Waals surface area contributed by atoms with Gasteiger partial charge in [-0.25, -0.2) is 0 Å². The van der Waals surface area contributed by atoms with E-state index in [9.17, 15) is 4.79 Å². The number of hydrogen-bond acceptors (Lipinski definition) is 2. The molecule has 2 saturated heterocycles. The first kappa shape index (κ1) is 11.2. The van der Waals surface area contributed by atoms with Crippen molar-refractivity contribution in [1.82, 2.24) is 10.2 Å². The zero-order valence-corrected chi connectivity index (χ0v) is 9.76. The molecule has 0 aromatic carbocycles. The van der Waals surface area contributed by atoms with Crippen molar-refractivity contribution in [2.45, 2.75) is 19.3 Å². The molecule has 2 atom stereocenters. The smallest absolute Gasteiger partial charge is 0.225 e. The second kappa shape index (κ2) is 4.30. The summed E-state index contributed by atoms with van der Waals surface area (Å²) in [5.41, 5.74) is 0. The standard InChI is InChI=1S/C11H18N2O.ClH/c14-11(8-2-1-3-8)13-6-9-4-12-5-10(9)7-13;/h8-10,12H,1-7H2;1H. The fourth-order valence-corrected chi connectivity index (χ4v) is 2.95. The van der Waals surface area contributed by atoms with Crippen molar-refractivity contribution in [3.05, 3.63) is 0 Å². The first-order valence-electron chi connectivity index (χ1n) is 5.84. The van der Waals surface area contributed by atoms with Crippen LogP contribution in [0.2, 0.25) is 0 Å². The van der Waals surface area contributed by atoms with Crippen LogP contribution in [0.25, 0.3) is 0 Å². The van der Waals surface area contributed by atoms with Gasteiger partial charge in [0.05, 0.1) is 0 Å². The maximum Gasteiger partial charge on any atom is 0.225 e. The molecule has 0 aromatic rings. The van der Waals surface area contributed by atoms with Crippen LogP contribution < -0.4 is 5.32 Å². The van der Waals surface area contributed by atoms with E-state index in [1.54, 1.807) is 0 Å². The van der Waals surface area contributed by atoms with Gasteiger partial charge in [-0.2, -0.15) is 0 Å². The SMILES string of the molecule is Cl.O=C(C1CCC1)N1CC2CNCC2C1. The van der Waals surface area contributed by atoms with E-state index in [4.69, 9.17) is 0 Å². The molecule has 15 heavy (non-hydrogen) atoms. The highest BCUT2D eigenvalue weighted by molar-refractivity contribution is 5.85. The molecule has 3 aliphatic rings. The third-order valence-corrected chi connectivity index (χ3v) is 4.16. The highest BCUT2D eigenvalue weighted by Gasteiger charge is 2.40. The summed E-state index contributed by atoms with van der Waals surface area (Å²) in [6.07, 6.45) is 3.55. The molecule has 1 N–H and O–H groups in total. The van der Waals surface area contributed by atoms with Gasteiger partial charge in [0.2, 0.25) is 5.91 Å². The number of nitrogens with one attached hydrogen (secondary N) is 1. The number of carbonyl (C=O) groups is 1. The highest BCUT2D eigenvalue weighted by atomic mass is 35.5. The molecular formula is C11H19ClN2O. The number of amides is 1. The van der Waals surface area contributed by atoms with E-state index in [0.29, 0.717) is 11.8 Å². The number of fused-ring (bicyclic) bond motifs is 1. The fraction of sp³-hybridized carbons (Fsp3) is 0.909. The van der Waals surface area contributed by atoms with E-state index in [2.05, 4.69) is 10.2 Å². The summed E-state index contributed by atoms with van der Waals surface area (Å²) >= 11 is 0. The van der Waals surface area contributed by atoms with Crippen LogP contribution in [0.1, 0.15) is 19.3 Å². The van der Waals surface area contributed by atoms with Crippen molar-refractivity contribution < 1.29 is 4.79 Å². The van der Waals surface area contributed by atoms with Gasteiger partial charge < -0.3 is 10.2 Å². The molecule has 1 amide bonds. The van der Waals surface area contributed by atoms with E-state index in [1.807, 2.05) is 0 Å². The summed E-state index contributed by atoms with van der Waals surface area (Å²) in [6.45, 7) is 4.29. The topological polar surface area (TPSA) is 32.3 Å². The van der Waals surface area contributed by atoms with Crippen LogP contribution >= 0.6 is 12.4 Å². The van der Waals surface area contributed by atoms with Gasteiger partial charge in [-0.3, -0.25) is 4.79 Å². The van der Waals surface area contributed by atoms with E-state index >= 15 is 0 Å². The van der Waals surface area contributed by atoms with Crippen LogP contribution in [0.3, 0.4) is 0 Å². The van der Waals surface area contributed by atoms with Crippen molar-refractivity contribution in [3.8, 4) is 0 Å². The van der Waals surface area contributed by atoms with Crippen molar-refractivity contribution in [1.29, 1.82) is 0 Å². The molecule has 1 saturated carbocycles. The fourth-order valence-electron chi connectivity index (χ4n) is 2.95. The summed E-state index contributed by atoms with van der Waals surface area (Å²) in [5.74, 6) is 2.34. The molecule has 2 unspecified atom stereocenters. The van der Waals surface area contributed by atoms with Crippen molar-refractivity contribution in [2.75, 3.05) is 26.2 Å². The van der Waals surface area contributed by atoms with Crippen LogP contribution in [0.4, 0.5) is 0 Å². The van der Waals surface area contributed by atoms with Gasteiger partial charge in [0.1, 0.15) is 0 Å². The Morgan fingerprint density at radius 2 is 1.73 bits per heavy atom. The molecule has 3 rings (SSSR count). The molecule has 4 heteroatoms. The van der Waals surface area contributed by atoms with Gasteiger partial charge in [0.25, 0.3) is 0 Å². The van der Waals surface area contributed by atoms with Crippen molar-refractivity contribution in [3.63, 3.8) is 0 Å². The summed E-state index contributed by atoms with van der Waals surface area (Å²) in [7, 11) is 0. The van der Waals surface area contributed by atoms with Crippen LogP contribution in [-0.4, -0.2) is 37.0 Å². The molecule has 86 valence electrons. The van der Waals surface area contributed by atoms with Gasteiger partial charge >= 0.3 is 0 Å². The zero-order valence-electron chi connectivity index (χ0n) is 8.95. The second-order valence-electron chi connectivity index (χ2n) is 5.05. The lowest BCUT2D eigenvalue weighted by atomic mass is 9.84. The lowest BCUT2D eigenvalue weighted by molar-refractivity contribution is -0.137. The van der Waals surface area contributed by atoms with E-state index < -0.39 is 0 Å². The maximum atomic E-state index is 12.0. The third kappa shape index (κ3) is 1.87. The van der Waals surface area contributed by atoms with Crippen molar-refractivity contribution in [2.24, 2.45) is 17.8 Å². The zero-order chi connectivity index (χ0) is 9.54. The first-order valence-corrected chi connectivity index (χ1v) is 5.84. The Morgan fingerprint density at radius 1 is 1.13 bits per heavy atom. The quantitative estimate of drug-likeness (QED) is 0.726. The van der Waals surface area contributed by atoms with E-state index in [-0.39, 0.29) is 12.4 Å². The summed E-state index contributed by atoms with van der Waals surface area (Å²) in [6, 6.07) is 0. The molecule has 0 aromatic heterocycles. The molecule has 0 radical (unpaired) electrons. The predicted octanol–water partition coefficient (Wildman–Crippen LogP) is 0.886. The summed E-state index contributed by atoms with van der Waals surface area (Å²) in [5, 5.41) is 3.40. The Hall–Kier alpha value is -0.280. The number of rotatable bonds is 1. The summed E-state index contributed by atoms with van der Waals surface area (Å²) < 4.78 is 0. The molecule has 2 aliphatic heterocycles. The lowest BCUT2D eigenvalue weighted by Crippen LogP contribution is -2.38. The number of nitrogens with zero attached hydrogens (tertiary/aromatic N) is 1.